The number of nitrogens with one attached hydrogen (secondary N) is 1. The van der Waals surface area contributed by atoms with Crippen LogP contribution in [0.25, 0.3) is 15.3 Å². The Morgan fingerprint density at radius 1 is 1.12 bits per heavy atom. The van der Waals surface area contributed by atoms with Gasteiger partial charge in [-0.2, -0.15) is 9.78 Å². The third-order valence-corrected chi connectivity index (χ3v) is 6.48. The monoisotopic (exact) mass is 452 g/mol. The maximum absolute atomic E-state index is 12.6. The van der Waals surface area contributed by atoms with Crippen LogP contribution in [-0.2, 0) is 4.79 Å². The summed E-state index contributed by atoms with van der Waals surface area (Å²) in [5.74, 6) is 1.36. The Kier molecular flexibility index (Phi) is 4.86. The molecule has 5 rings (SSSR count). The lowest BCUT2D eigenvalue weighted by Gasteiger charge is -2.24. The molecule has 0 saturated carbocycles. The molecule has 164 valence electrons. The third-order valence-electron chi connectivity index (χ3n) is 5.49. The van der Waals surface area contributed by atoms with Crippen molar-refractivity contribution in [1.82, 2.24) is 14.8 Å². The van der Waals surface area contributed by atoms with Gasteiger partial charge >= 0.3 is 0 Å². The number of aromatic hydroxyl groups is 1. The lowest BCUT2D eigenvalue weighted by atomic mass is 9.87. The second-order valence-electron chi connectivity index (χ2n) is 7.27. The fourth-order valence-corrected chi connectivity index (χ4v) is 4.85. The van der Waals surface area contributed by atoms with E-state index in [2.05, 4.69) is 15.4 Å². The molecule has 2 N–H and O–H groups in total. The van der Waals surface area contributed by atoms with E-state index in [0.29, 0.717) is 10.9 Å². The van der Waals surface area contributed by atoms with Crippen LogP contribution in [0.4, 0.5) is 5.82 Å². The van der Waals surface area contributed by atoms with Crippen molar-refractivity contribution in [2.45, 2.75) is 12.3 Å². The van der Waals surface area contributed by atoms with Crippen LogP contribution in [0.15, 0.2) is 36.5 Å². The number of benzene rings is 2. The Morgan fingerprint density at radius 2 is 1.88 bits per heavy atom. The molecular weight excluding hydrogens is 432 g/mol. The molecule has 3 heterocycles. The van der Waals surface area contributed by atoms with Crippen molar-refractivity contribution in [1.29, 1.82) is 0 Å². The number of carbonyl (C=O) groups excluding carboxylic acids is 1. The van der Waals surface area contributed by atoms with Gasteiger partial charge in [-0.05, 0) is 35.9 Å². The van der Waals surface area contributed by atoms with E-state index in [4.69, 9.17) is 14.2 Å². The van der Waals surface area contributed by atoms with Crippen LogP contribution in [0.5, 0.6) is 23.0 Å². The minimum absolute atomic E-state index is 0.0835. The van der Waals surface area contributed by atoms with Crippen molar-refractivity contribution in [2.75, 3.05) is 26.6 Å². The predicted molar refractivity (Wildman–Crippen MR) is 120 cm³/mol. The molecule has 0 saturated heterocycles. The van der Waals surface area contributed by atoms with Crippen LogP contribution in [0.1, 0.15) is 23.5 Å². The molecule has 1 amide bonds. The maximum atomic E-state index is 12.6. The number of amides is 1. The number of carbonyl (C=O) groups is 1. The van der Waals surface area contributed by atoms with Gasteiger partial charge in [-0.1, -0.05) is 11.3 Å². The van der Waals surface area contributed by atoms with E-state index in [0.717, 1.165) is 27.1 Å². The van der Waals surface area contributed by atoms with Crippen LogP contribution in [0.3, 0.4) is 0 Å². The predicted octanol–water partition coefficient (Wildman–Crippen LogP) is 3.69. The van der Waals surface area contributed by atoms with Gasteiger partial charge in [0.2, 0.25) is 16.8 Å². The van der Waals surface area contributed by atoms with Crippen LogP contribution in [0.2, 0.25) is 0 Å². The number of methoxy groups -OCH3 is 3. The summed E-state index contributed by atoms with van der Waals surface area (Å²) >= 11 is 1.45. The molecular formula is C22H20N4O5S. The summed E-state index contributed by atoms with van der Waals surface area (Å²) in [5, 5.41) is 18.4. The number of rotatable bonds is 5. The number of fused-ring (bicyclic) bond motifs is 2. The normalized spacial score (nSPS) is 15.3. The van der Waals surface area contributed by atoms with Gasteiger partial charge in [0.25, 0.3) is 0 Å². The topological polar surface area (TPSA) is 108 Å². The second-order valence-corrected chi connectivity index (χ2v) is 8.28. The number of phenolic OH excluding ortho intramolecular Hbond substituents is 1. The van der Waals surface area contributed by atoms with Gasteiger partial charge in [0.05, 0.1) is 37.7 Å². The first-order valence-corrected chi connectivity index (χ1v) is 10.6. The van der Waals surface area contributed by atoms with Gasteiger partial charge in [0.15, 0.2) is 11.5 Å². The zero-order chi connectivity index (χ0) is 22.4. The molecule has 10 heteroatoms. The number of thiazole rings is 1. The van der Waals surface area contributed by atoms with E-state index >= 15 is 0 Å². The summed E-state index contributed by atoms with van der Waals surface area (Å²) in [4.78, 5) is 17.3. The van der Waals surface area contributed by atoms with Crippen LogP contribution >= 0.6 is 11.3 Å². The molecule has 4 aromatic rings. The number of anilines is 1. The van der Waals surface area contributed by atoms with Crippen molar-refractivity contribution < 1.29 is 24.1 Å². The Labute approximate surface area is 187 Å². The molecule has 0 bridgehead atoms. The Morgan fingerprint density at radius 3 is 2.56 bits per heavy atom. The van der Waals surface area contributed by atoms with Crippen molar-refractivity contribution in [3.63, 3.8) is 0 Å². The number of hydrogen-bond acceptors (Lipinski definition) is 8. The summed E-state index contributed by atoms with van der Waals surface area (Å²) in [7, 11) is 4.56. The molecule has 0 fully saturated rings. The van der Waals surface area contributed by atoms with Crippen LogP contribution in [-0.4, -0.2) is 47.1 Å². The smallest absolute Gasteiger partial charge is 0.226 e. The molecule has 1 atom stereocenters. The molecule has 1 aliphatic rings. The zero-order valence-corrected chi connectivity index (χ0v) is 18.4. The second kappa shape index (κ2) is 7.72. The first-order valence-electron chi connectivity index (χ1n) is 9.80. The number of phenols is 1. The molecule has 1 aliphatic heterocycles. The number of hydrogen-bond donors (Lipinski definition) is 2. The molecule has 32 heavy (non-hydrogen) atoms. The van der Waals surface area contributed by atoms with Gasteiger partial charge < -0.3 is 24.6 Å². The van der Waals surface area contributed by atoms with Gasteiger partial charge in [-0.3, -0.25) is 4.79 Å². The number of aromatic nitrogens is 3. The highest BCUT2D eigenvalue weighted by Gasteiger charge is 2.32. The molecule has 9 nitrogen and oxygen atoms in total. The molecule has 2 aromatic carbocycles. The number of nitrogens with zero attached hydrogens (tertiary/aromatic N) is 3. The van der Waals surface area contributed by atoms with E-state index < -0.39 is 0 Å². The first-order chi connectivity index (χ1) is 15.5. The highest BCUT2D eigenvalue weighted by molar-refractivity contribution is 7.20. The average molecular weight is 452 g/mol. The molecule has 2 aromatic heterocycles. The standard InChI is InChI=1S/C22H20N4O5S/c1-29-12-4-5-15-18(8-12)32-22(24-15)26-21-14(10-23-26)13(9-19(27)25-21)11-6-16(30-2)20(28)17(7-11)31-3/h4-8,10,13,28H,9H2,1-3H3,(H,25,27)/t13-/m0/s1. The van der Waals surface area contributed by atoms with Crippen molar-refractivity contribution in [3.05, 3.63) is 47.7 Å². The van der Waals surface area contributed by atoms with Gasteiger partial charge in [-0.25, -0.2) is 4.98 Å². The lowest BCUT2D eigenvalue weighted by Crippen LogP contribution is -2.24. The van der Waals surface area contributed by atoms with Crippen molar-refractivity contribution in [2.24, 2.45) is 0 Å². The van der Waals surface area contributed by atoms with Crippen LogP contribution in [0, 0.1) is 0 Å². The summed E-state index contributed by atoms with van der Waals surface area (Å²) in [6.07, 6.45) is 1.96. The van der Waals surface area contributed by atoms with E-state index in [-0.39, 0.29) is 35.5 Å². The first kappa shape index (κ1) is 20.1. The summed E-state index contributed by atoms with van der Waals surface area (Å²) in [6.45, 7) is 0. The SMILES string of the molecule is COc1ccc2nc(-n3ncc4c3NC(=O)C[C@H]4c3cc(OC)c(O)c(OC)c3)sc2c1. The Hall–Kier alpha value is -3.79. The number of ether oxygens (including phenoxy) is 3. The average Bonchev–Trinajstić information content (AvgIpc) is 3.41. The Bertz CT molecular complexity index is 1320. The summed E-state index contributed by atoms with van der Waals surface area (Å²) in [5.41, 5.74) is 2.44. The van der Waals surface area contributed by atoms with Crippen molar-refractivity contribution >= 4 is 33.3 Å². The highest BCUT2D eigenvalue weighted by atomic mass is 32.1. The Balaban J connectivity index is 1.61. The molecule has 0 spiro atoms. The van der Waals surface area contributed by atoms with E-state index in [1.807, 2.05) is 18.2 Å². The summed E-state index contributed by atoms with van der Waals surface area (Å²) in [6, 6.07) is 9.09. The largest absolute Gasteiger partial charge is 0.502 e. The quantitative estimate of drug-likeness (QED) is 0.475. The lowest BCUT2D eigenvalue weighted by molar-refractivity contribution is -0.116. The van der Waals surface area contributed by atoms with Gasteiger partial charge in [0, 0.05) is 17.9 Å². The van der Waals surface area contributed by atoms with Crippen LogP contribution < -0.4 is 19.5 Å². The van der Waals surface area contributed by atoms with E-state index in [1.165, 1.54) is 25.6 Å². The molecule has 0 aliphatic carbocycles. The fourth-order valence-electron chi connectivity index (χ4n) is 3.89. The third kappa shape index (κ3) is 3.19. The zero-order valence-electron chi connectivity index (χ0n) is 17.6. The maximum Gasteiger partial charge on any atom is 0.226 e. The molecule has 0 unspecified atom stereocenters. The fraction of sp³-hybridized carbons (Fsp3) is 0.227. The molecule has 0 radical (unpaired) electrons. The van der Waals surface area contributed by atoms with E-state index in [9.17, 15) is 9.90 Å². The summed E-state index contributed by atoms with van der Waals surface area (Å²) < 4.78 is 18.5. The minimum Gasteiger partial charge on any atom is -0.502 e. The van der Waals surface area contributed by atoms with Crippen molar-refractivity contribution in [3.8, 4) is 28.1 Å². The minimum atomic E-state index is -0.287. The highest BCUT2D eigenvalue weighted by Crippen LogP contribution is 2.44. The van der Waals surface area contributed by atoms with Gasteiger partial charge in [0.1, 0.15) is 11.6 Å². The van der Waals surface area contributed by atoms with Gasteiger partial charge in [-0.15, -0.1) is 0 Å². The van der Waals surface area contributed by atoms with E-state index in [1.54, 1.807) is 30.1 Å².